The fraction of sp³-hybridized carbons (Fsp3) is 0.278. The van der Waals surface area contributed by atoms with Gasteiger partial charge in [0, 0.05) is 11.8 Å². The van der Waals surface area contributed by atoms with Crippen LogP contribution < -0.4 is 24.8 Å². The Morgan fingerprint density at radius 1 is 0.917 bits per heavy atom. The van der Waals surface area contributed by atoms with Gasteiger partial charge < -0.3 is 24.8 Å². The third kappa shape index (κ3) is 4.32. The zero-order valence-corrected chi connectivity index (χ0v) is 14.3. The van der Waals surface area contributed by atoms with E-state index >= 15 is 0 Å². The molecule has 0 saturated carbocycles. The van der Waals surface area contributed by atoms with Crippen LogP contribution in [-0.4, -0.2) is 33.3 Å². The van der Waals surface area contributed by atoms with Crippen LogP contribution in [0, 0.1) is 0 Å². The van der Waals surface area contributed by atoms with Gasteiger partial charge in [0.25, 0.3) is 0 Å². The first-order chi connectivity index (χ1) is 11.6. The van der Waals surface area contributed by atoms with Crippen molar-refractivity contribution in [1.82, 2.24) is 0 Å². The Kier molecular flexibility index (Phi) is 5.89. The number of hydrogen-bond acceptors (Lipinski definition) is 5. The van der Waals surface area contributed by atoms with E-state index in [9.17, 15) is 4.79 Å². The van der Waals surface area contributed by atoms with Gasteiger partial charge in [0.05, 0.1) is 27.0 Å². The van der Waals surface area contributed by atoms with E-state index in [1.54, 1.807) is 64.7 Å². The third-order valence-electron chi connectivity index (χ3n) is 3.53. The van der Waals surface area contributed by atoms with E-state index in [4.69, 9.17) is 14.2 Å². The van der Waals surface area contributed by atoms with E-state index in [0.29, 0.717) is 17.2 Å². The van der Waals surface area contributed by atoms with Crippen LogP contribution in [0.3, 0.4) is 0 Å². The molecule has 0 aromatic heterocycles. The van der Waals surface area contributed by atoms with Crippen molar-refractivity contribution in [2.75, 3.05) is 32.0 Å². The van der Waals surface area contributed by atoms with E-state index in [2.05, 4.69) is 10.6 Å². The molecule has 0 radical (unpaired) electrons. The van der Waals surface area contributed by atoms with E-state index < -0.39 is 6.04 Å². The largest absolute Gasteiger partial charge is 0.497 e. The summed E-state index contributed by atoms with van der Waals surface area (Å²) in [6, 6.07) is 12.1. The van der Waals surface area contributed by atoms with E-state index in [1.165, 1.54) is 0 Å². The third-order valence-corrected chi connectivity index (χ3v) is 3.53. The molecule has 0 aliphatic heterocycles. The zero-order chi connectivity index (χ0) is 17.5. The van der Waals surface area contributed by atoms with Gasteiger partial charge in [-0.3, -0.25) is 4.79 Å². The van der Waals surface area contributed by atoms with E-state index in [-0.39, 0.29) is 5.91 Å². The van der Waals surface area contributed by atoms with Crippen LogP contribution in [0.15, 0.2) is 42.5 Å². The fourth-order valence-corrected chi connectivity index (χ4v) is 2.14. The summed E-state index contributed by atoms with van der Waals surface area (Å²) in [5.74, 6) is 1.88. The van der Waals surface area contributed by atoms with Gasteiger partial charge in [-0.1, -0.05) is 0 Å². The van der Waals surface area contributed by atoms with Crippen LogP contribution >= 0.6 is 0 Å². The molecule has 2 aromatic carbocycles. The molecule has 0 heterocycles. The van der Waals surface area contributed by atoms with Gasteiger partial charge in [-0.25, -0.2) is 0 Å². The van der Waals surface area contributed by atoms with Crippen molar-refractivity contribution < 1.29 is 19.0 Å². The topological polar surface area (TPSA) is 68.8 Å². The zero-order valence-electron chi connectivity index (χ0n) is 14.3. The van der Waals surface area contributed by atoms with Gasteiger partial charge in [0.15, 0.2) is 0 Å². The van der Waals surface area contributed by atoms with Crippen molar-refractivity contribution in [2.24, 2.45) is 0 Å². The molecule has 0 unspecified atom stereocenters. The molecular formula is C18H22N2O4. The highest BCUT2D eigenvalue weighted by molar-refractivity contribution is 5.96. The van der Waals surface area contributed by atoms with Crippen molar-refractivity contribution in [3.63, 3.8) is 0 Å². The van der Waals surface area contributed by atoms with E-state index in [1.807, 2.05) is 6.07 Å². The highest BCUT2D eigenvalue weighted by Gasteiger charge is 2.15. The first-order valence-corrected chi connectivity index (χ1v) is 7.51. The molecule has 0 spiro atoms. The summed E-state index contributed by atoms with van der Waals surface area (Å²) in [6.07, 6.45) is 0. The molecule has 0 bridgehead atoms. The molecule has 24 heavy (non-hydrogen) atoms. The molecule has 0 fully saturated rings. The van der Waals surface area contributed by atoms with E-state index in [0.717, 1.165) is 11.4 Å². The monoisotopic (exact) mass is 330 g/mol. The molecule has 0 aliphatic rings. The molecule has 1 amide bonds. The van der Waals surface area contributed by atoms with Gasteiger partial charge in [-0.05, 0) is 43.3 Å². The summed E-state index contributed by atoms with van der Waals surface area (Å²) in [5, 5.41) is 5.99. The first kappa shape index (κ1) is 17.5. The lowest BCUT2D eigenvalue weighted by Crippen LogP contribution is -2.32. The van der Waals surface area contributed by atoms with Crippen molar-refractivity contribution in [3.8, 4) is 17.2 Å². The Bertz CT molecular complexity index is 686. The molecule has 128 valence electrons. The molecule has 6 heteroatoms. The Morgan fingerprint density at radius 2 is 1.54 bits per heavy atom. The number of carbonyl (C=O) groups excluding carboxylic acids is 1. The standard InChI is InChI=1S/C18H22N2O4/c1-12(18(21)20-13-5-7-14(22-2)8-6-13)19-16-10-9-15(23-3)11-17(16)24-4/h5-12,19H,1-4H3,(H,20,21)/t12-/m0/s1. The second-order valence-electron chi connectivity index (χ2n) is 5.15. The quantitative estimate of drug-likeness (QED) is 0.816. The second-order valence-corrected chi connectivity index (χ2v) is 5.15. The van der Waals surface area contributed by atoms with Gasteiger partial charge >= 0.3 is 0 Å². The summed E-state index contributed by atoms with van der Waals surface area (Å²) >= 11 is 0. The van der Waals surface area contributed by atoms with Crippen LogP contribution in [0.25, 0.3) is 0 Å². The van der Waals surface area contributed by atoms with Gasteiger partial charge in [-0.15, -0.1) is 0 Å². The molecule has 0 saturated heterocycles. The lowest BCUT2D eigenvalue weighted by atomic mass is 10.2. The lowest BCUT2D eigenvalue weighted by Gasteiger charge is -2.18. The molecule has 2 N–H and O–H groups in total. The Labute approximate surface area is 141 Å². The molecule has 1 atom stereocenters. The molecule has 0 aliphatic carbocycles. The SMILES string of the molecule is COc1ccc(NC(=O)[C@H](C)Nc2ccc(OC)cc2OC)cc1. The van der Waals surface area contributed by atoms with Crippen LogP contribution in [0.2, 0.25) is 0 Å². The van der Waals surface area contributed by atoms with Gasteiger partial charge in [0.2, 0.25) is 5.91 Å². The molecular weight excluding hydrogens is 308 g/mol. The molecule has 2 aromatic rings. The average molecular weight is 330 g/mol. The number of rotatable bonds is 7. The summed E-state index contributed by atoms with van der Waals surface area (Å²) in [7, 11) is 4.76. The summed E-state index contributed by atoms with van der Waals surface area (Å²) in [6.45, 7) is 1.78. The fourth-order valence-electron chi connectivity index (χ4n) is 2.14. The lowest BCUT2D eigenvalue weighted by molar-refractivity contribution is -0.116. The summed E-state index contributed by atoms with van der Waals surface area (Å²) in [4.78, 5) is 12.3. The highest BCUT2D eigenvalue weighted by atomic mass is 16.5. The summed E-state index contributed by atoms with van der Waals surface area (Å²) in [5.41, 5.74) is 1.42. The maximum atomic E-state index is 12.3. The van der Waals surface area contributed by atoms with Gasteiger partial charge in [0.1, 0.15) is 23.3 Å². The summed E-state index contributed by atoms with van der Waals surface area (Å²) < 4.78 is 15.6. The number of methoxy groups -OCH3 is 3. The van der Waals surface area contributed by atoms with Crippen molar-refractivity contribution >= 4 is 17.3 Å². The maximum absolute atomic E-state index is 12.3. The smallest absolute Gasteiger partial charge is 0.246 e. The predicted octanol–water partition coefficient (Wildman–Crippen LogP) is 3.15. The number of benzene rings is 2. The van der Waals surface area contributed by atoms with Crippen LogP contribution in [-0.2, 0) is 4.79 Å². The normalized spacial score (nSPS) is 11.3. The number of nitrogens with one attached hydrogen (secondary N) is 2. The van der Waals surface area contributed by atoms with Crippen molar-refractivity contribution in [3.05, 3.63) is 42.5 Å². The Balaban J connectivity index is 2.02. The maximum Gasteiger partial charge on any atom is 0.246 e. The Morgan fingerprint density at radius 3 is 2.12 bits per heavy atom. The molecule has 6 nitrogen and oxygen atoms in total. The number of ether oxygens (including phenoxy) is 3. The second kappa shape index (κ2) is 8.10. The van der Waals surface area contributed by atoms with Gasteiger partial charge in [-0.2, -0.15) is 0 Å². The van der Waals surface area contributed by atoms with Crippen molar-refractivity contribution in [2.45, 2.75) is 13.0 Å². The minimum absolute atomic E-state index is 0.155. The minimum atomic E-state index is -0.450. The Hall–Kier alpha value is -2.89. The number of anilines is 2. The minimum Gasteiger partial charge on any atom is -0.497 e. The van der Waals surface area contributed by atoms with Crippen LogP contribution in [0.1, 0.15) is 6.92 Å². The number of amides is 1. The van der Waals surface area contributed by atoms with Crippen LogP contribution in [0.5, 0.6) is 17.2 Å². The number of hydrogen-bond donors (Lipinski definition) is 2. The average Bonchev–Trinajstić information content (AvgIpc) is 2.62. The highest BCUT2D eigenvalue weighted by Crippen LogP contribution is 2.29. The number of carbonyl (C=O) groups is 1. The molecule has 2 rings (SSSR count). The van der Waals surface area contributed by atoms with Crippen molar-refractivity contribution in [1.29, 1.82) is 0 Å². The predicted molar refractivity (Wildman–Crippen MR) is 94.3 cm³/mol. The first-order valence-electron chi connectivity index (χ1n) is 7.51. The van der Waals surface area contributed by atoms with Crippen LogP contribution in [0.4, 0.5) is 11.4 Å².